The Hall–Kier alpha value is -2.42. The summed E-state index contributed by atoms with van der Waals surface area (Å²) in [5.41, 5.74) is 3.82. The van der Waals surface area contributed by atoms with Crippen molar-refractivity contribution in [3.8, 4) is 5.75 Å². The minimum Gasteiger partial charge on any atom is -0.423 e. The molecule has 26 heavy (non-hydrogen) atoms. The van der Waals surface area contributed by atoms with Gasteiger partial charge in [-0.2, -0.15) is 0 Å². The van der Waals surface area contributed by atoms with E-state index in [-0.39, 0.29) is 17.2 Å². The van der Waals surface area contributed by atoms with Crippen molar-refractivity contribution >= 4 is 11.8 Å². The third-order valence-corrected chi connectivity index (χ3v) is 5.66. The molecule has 1 unspecified atom stereocenters. The highest BCUT2D eigenvalue weighted by atomic mass is 16.5. The van der Waals surface area contributed by atoms with Gasteiger partial charge in [-0.25, -0.2) is 4.79 Å². The SMILES string of the molecule is CCc1ccc(OC(=O)c2ccc3c(c2)C(C)(CC)CCC(=O)C3)cc1. The van der Waals surface area contributed by atoms with E-state index in [0.29, 0.717) is 24.2 Å². The lowest BCUT2D eigenvalue weighted by atomic mass is 9.75. The lowest BCUT2D eigenvalue weighted by Crippen LogP contribution is -2.22. The molecule has 0 radical (unpaired) electrons. The summed E-state index contributed by atoms with van der Waals surface area (Å²) in [5, 5.41) is 0. The molecule has 1 aliphatic rings. The van der Waals surface area contributed by atoms with Crippen LogP contribution >= 0.6 is 0 Å². The number of rotatable bonds is 4. The van der Waals surface area contributed by atoms with Gasteiger partial charge in [0, 0.05) is 12.8 Å². The Morgan fingerprint density at radius 1 is 1.12 bits per heavy atom. The predicted octanol–water partition coefficient (Wildman–Crippen LogP) is 5.04. The van der Waals surface area contributed by atoms with Crippen LogP contribution in [0.5, 0.6) is 5.75 Å². The monoisotopic (exact) mass is 350 g/mol. The van der Waals surface area contributed by atoms with Gasteiger partial charge in [0.15, 0.2) is 0 Å². The molecule has 2 aromatic carbocycles. The van der Waals surface area contributed by atoms with Crippen molar-refractivity contribution in [3.63, 3.8) is 0 Å². The number of aryl methyl sites for hydroxylation is 1. The van der Waals surface area contributed by atoms with Crippen LogP contribution in [0.1, 0.15) is 67.1 Å². The molecule has 0 fully saturated rings. The molecule has 0 bridgehead atoms. The van der Waals surface area contributed by atoms with Crippen LogP contribution < -0.4 is 4.74 Å². The number of carbonyl (C=O) groups excluding carboxylic acids is 2. The van der Waals surface area contributed by atoms with E-state index in [1.54, 1.807) is 6.07 Å². The molecule has 3 rings (SSSR count). The largest absolute Gasteiger partial charge is 0.423 e. The Balaban J connectivity index is 1.89. The van der Waals surface area contributed by atoms with E-state index in [1.165, 1.54) is 5.56 Å². The van der Waals surface area contributed by atoms with Gasteiger partial charge in [0.05, 0.1) is 5.56 Å². The molecule has 0 heterocycles. The second-order valence-corrected chi connectivity index (χ2v) is 7.39. The van der Waals surface area contributed by atoms with Gasteiger partial charge in [-0.3, -0.25) is 4.79 Å². The predicted molar refractivity (Wildman–Crippen MR) is 103 cm³/mol. The number of Topliss-reactive ketones (excluding diaryl/α,β-unsaturated/α-hetero) is 1. The van der Waals surface area contributed by atoms with Crippen LogP contribution in [0.4, 0.5) is 0 Å². The molecule has 0 saturated carbocycles. The molecule has 2 aromatic rings. The van der Waals surface area contributed by atoms with Crippen molar-refractivity contribution in [2.24, 2.45) is 0 Å². The Kier molecular flexibility index (Phi) is 5.26. The zero-order valence-corrected chi connectivity index (χ0v) is 15.8. The molecule has 1 aliphatic carbocycles. The Morgan fingerprint density at radius 2 is 1.85 bits per heavy atom. The smallest absolute Gasteiger partial charge is 0.343 e. The Morgan fingerprint density at radius 3 is 2.50 bits per heavy atom. The lowest BCUT2D eigenvalue weighted by Gasteiger charge is -2.29. The van der Waals surface area contributed by atoms with Crippen LogP contribution in [0.25, 0.3) is 0 Å². The van der Waals surface area contributed by atoms with Crippen molar-refractivity contribution in [2.75, 3.05) is 0 Å². The van der Waals surface area contributed by atoms with Crippen molar-refractivity contribution in [1.82, 2.24) is 0 Å². The number of ketones is 1. The number of esters is 1. The first-order chi connectivity index (χ1) is 12.4. The van der Waals surface area contributed by atoms with Crippen molar-refractivity contribution in [1.29, 1.82) is 0 Å². The van der Waals surface area contributed by atoms with Gasteiger partial charge in [-0.05, 0) is 65.6 Å². The molecular formula is C23H26O3. The first-order valence-electron chi connectivity index (χ1n) is 9.41. The molecule has 0 aromatic heterocycles. The molecule has 3 nitrogen and oxygen atoms in total. The van der Waals surface area contributed by atoms with E-state index in [1.807, 2.05) is 36.4 Å². The highest BCUT2D eigenvalue weighted by Crippen LogP contribution is 2.38. The average molecular weight is 350 g/mol. The maximum atomic E-state index is 12.6. The first kappa shape index (κ1) is 18.4. The van der Waals surface area contributed by atoms with Crippen molar-refractivity contribution in [2.45, 2.75) is 58.3 Å². The van der Waals surface area contributed by atoms with Crippen LogP contribution in [-0.4, -0.2) is 11.8 Å². The number of carbonyl (C=O) groups is 2. The fraction of sp³-hybridized carbons (Fsp3) is 0.391. The Bertz CT molecular complexity index is 820. The van der Waals surface area contributed by atoms with Gasteiger partial charge in [0.2, 0.25) is 0 Å². The van der Waals surface area contributed by atoms with Gasteiger partial charge in [0.1, 0.15) is 11.5 Å². The van der Waals surface area contributed by atoms with E-state index >= 15 is 0 Å². The van der Waals surface area contributed by atoms with E-state index in [2.05, 4.69) is 20.8 Å². The van der Waals surface area contributed by atoms with Gasteiger partial charge in [-0.15, -0.1) is 0 Å². The molecule has 0 aliphatic heterocycles. The van der Waals surface area contributed by atoms with Crippen LogP contribution in [0.15, 0.2) is 42.5 Å². The average Bonchev–Trinajstić information content (AvgIpc) is 2.79. The molecule has 136 valence electrons. The summed E-state index contributed by atoms with van der Waals surface area (Å²) in [6.07, 6.45) is 3.77. The van der Waals surface area contributed by atoms with Gasteiger partial charge >= 0.3 is 5.97 Å². The first-order valence-corrected chi connectivity index (χ1v) is 9.41. The highest BCUT2D eigenvalue weighted by molar-refractivity contribution is 5.92. The second-order valence-electron chi connectivity index (χ2n) is 7.39. The summed E-state index contributed by atoms with van der Waals surface area (Å²) in [5.74, 6) is 0.469. The van der Waals surface area contributed by atoms with Gasteiger partial charge < -0.3 is 4.74 Å². The fourth-order valence-corrected chi connectivity index (χ4v) is 3.60. The number of ether oxygens (including phenoxy) is 1. The van der Waals surface area contributed by atoms with Gasteiger partial charge in [0.25, 0.3) is 0 Å². The molecule has 1 atom stereocenters. The molecular weight excluding hydrogens is 324 g/mol. The quantitative estimate of drug-likeness (QED) is 0.441. The van der Waals surface area contributed by atoms with Crippen LogP contribution in [-0.2, 0) is 23.1 Å². The topological polar surface area (TPSA) is 43.4 Å². The summed E-state index contributed by atoms with van der Waals surface area (Å²) >= 11 is 0. The van der Waals surface area contributed by atoms with Crippen LogP contribution in [0, 0.1) is 0 Å². The number of fused-ring (bicyclic) bond motifs is 1. The summed E-state index contributed by atoms with van der Waals surface area (Å²) in [7, 11) is 0. The minimum absolute atomic E-state index is 0.0828. The second kappa shape index (κ2) is 7.45. The molecule has 0 saturated heterocycles. The maximum absolute atomic E-state index is 12.6. The van der Waals surface area contributed by atoms with Crippen molar-refractivity contribution < 1.29 is 14.3 Å². The zero-order valence-electron chi connectivity index (χ0n) is 15.8. The number of hydrogen-bond donors (Lipinski definition) is 0. The summed E-state index contributed by atoms with van der Waals surface area (Å²) in [4.78, 5) is 24.7. The van der Waals surface area contributed by atoms with E-state index < -0.39 is 0 Å². The molecule has 0 N–H and O–H groups in total. The molecule has 3 heteroatoms. The van der Waals surface area contributed by atoms with E-state index in [4.69, 9.17) is 4.74 Å². The third kappa shape index (κ3) is 3.72. The number of hydrogen-bond acceptors (Lipinski definition) is 3. The minimum atomic E-state index is -0.355. The molecule has 0 amide bonds. The number of benzene rings is 2. The van der Waals surface area contributed by atoms with E-state index in [0.717, 1.165) is 30.4 Å². The summed E-state index contributed by atoms with van der Waals surface area (Å²) in [6, 6.07) is 13.2. The highest BCUT2D eigenvalue weighted by Gasteiger charge is 2.32. The van der Waals surface area contributed by atoms with Crippen LogP contribution in [0.3, 0.4) is 0 Å². The standard InChI is InChI=1S/C23H26O3/c1-4-16-6-10-20(11-7-16)26-22(25)18-9-8-17-14-19(24)12-13-23(3,5-2)21(17)15-18/h6-11,15H,4-5,12-14H2,1-3H3. The van der Waals surface area contributed by atoms with Crippen LogP contribution in [0.2, 0.25) is 0 Å². The van der Waals surface area contributed by atoms with Gasteiger partial charge in [-0.1, -0.05) is 39.0 Å². The van der Waals surface area contributed by atoms with Crippen molar-refractivity contribution in [3.05, 3.63) is 64.7 Å². The van der Waals surface area contributed by atoms with E-state index in [9.17, 15) is 9.59 Å². The maximum Gasteiger partial charge on any atom is 0.343 e. The normalized spacial score (nSPS) is 19.6. The summed E-state index contributed by atoms with van der Waals surface area (Å²) < 4.78 is 5.54. The fourth-order valence-electron chi connectivity index (χ4n) is 3.60. The summed E-state index contributed by atoms with van der Waals surface area (Å²) in [6.45, 7) is 6.41. The zero-order chi connectivity index (χ0) is 18.7. The lowest BCUT2D eigenvalue weighted by molar-refractivity contribution is -0.118. The Labute approximate surface area is 155 Å². The molecule has 0 spiro atoms. The third-order valence-electron chi connectivity index (χ3n) is 5.66.